The fourth-order valence-corrected chi connectivity index (χ4v) is 4.13. The van der Waals surface area contributed by atoms with E-state index in [1.807, 2.05) is 30.0 Å². The lowest BCUT2D eigenvalue weighted by Gasteiger charge is -2.36. The molecule has 0 bridgehead atoms. The van der Waals surface area contributed by atoms with Crippen molar-refractivity contribution in [1.29, 1.82) is 0 Å². The van der Waals surface area contributed by atoms with Crippen LogP contribution in [0, 0.1) is 6.92 Å². The Bertz CT molecular complexity index is 1190. The monoisotopic (exact) mass is 459 g/mol. The number of methoxy groups -OCH3 is 2. The molecule has 1 aliphatic rings. The molecule has 0 aliphatic carbocycles. The smallest absolute Gasteiger partial charge is 0.324 e. The number of benzene rings is 3. The molecular formula is C27H29N3O4. The van der Waals surface area contributed by atoms with E-state index in [0.29, 0.717) is 48.1 Å². The van der Waals surface area contributed by atoms with Gasteiger partial charge in [0.15, 0.2) is 0 Å². The van der Waals surface area contributed by atoms with Gasteiger partial charge in [0, 0.05) is 30.9 Å². The minimum absolute atomic E-state index is 0.0812. The molecule has 7 heteroatoms. The van der Waals surface area contributed by atoms with E-state index in [-0.39, 0.29) is 11.9 Å². The molecule has 3 amide bonds. The molecular weight excluding hydrogens is 430 g/mol. The number of urea groups is 1. The number of hydrogen-bond acceptors (Lipinski definition) is 4. The van der Waals surface area contributed by atoms with E-state index < -0.39 is 0 Å². The van der Waals surface area contributed by atoms with Gasteiger partial charge in [-0.05, 0) is 55.3 Å². The van der Waals surface area contributed by atoms with Crippen LogP contribution in [-0.4, -0.2) is 44.1 Å². The molecule has 0 atom stereocenters. The van der Waals surface area contributed by atoms with Gasteiger partial charge in [0.25, 0.3) is 5.91 Å². The molecule has 3 aromatic carbocycles. The zero-order valence-corrected chi connectivity index (χ0v) is 19.7. The highest BCUT2D eigenvalue weighted by Crippen LogP contribution is 2.34. The van der Waals surface area contributed by atoms with Crippen LogP contribution in [0.5, 0.6) is 11.5 Å². The highest BCUT2D eigenvalue weighted by molar-refractivity contribution is 6.05. The van der Waals surface area contributed by atoms with Gasteiger partial charge in [-0.1, -0.05) is 35.9 Å². The van der Waals surface area contributed by atoms with Gasteiger partial charge in [0.05, 0.1) is 19.9 Å². The molecule has 1 aliphatic heterocycles. The number of aryl methyl sites for hydroxylation is 1. The van der Waals surface area contributed by atoms with Crippen LogP contribution >= 0.6 is 0 Å². The lowest BCUT2D eigenvalue weighted by Crippen LogP contribution is -2.49. The van der Waals surface area contributed by atoms with Crippen LogP contribution in [0.15, 0.2) is 66.7 Å². The number of ether oxygens (including phenoxy) is 2. The molecule has 0 aromatic heterocycles. The van der Waals surface area contributed by atoms with Gasteiger partial charge in [0.2, 0.25) is 0 Å². The first-order chi connectivity index (χ1) is 16.5. The van der Waals surface area contributed by atoms with Crippen molar-refractivity contribution in [2.75, 3.05) is 37.5 Å². The second-order valence-corrected chi connectivity index (χ2v) is 8.27. The van der Waals surface area contributed by atoms with Crippen LogP contribution in [-0.2, 0) is 6.54 Å². The third-order valence-electron chi connectivity index (χ3n) is 5.83. The highest BCUT2D eigenvalue weighted by atomic mass is 16.5. The number of amides is 3. The molecule has 0 unspecified atom stereocenters. The molecule has 0 spiro atoms. The molecule has 0 radical (unpaired) electrons. The summed E-state index contributed by atoms with van der Waals surface area (Å²) >= 11 is 0. The SMILES string of the molecule is COc1cccc(C(=O)Nc2ccc(OC)c(N3CCCN(Cc4cccc(C)c4)C3=O)c2)c1. The maximum absolute atomic E-state index is 13.4. The Kier molecular flexibility index (Phi) is 7.01. The number of anilines is 2. The van der Waals surface area contributed by atoms with Crippen molar-refractivity contribution in [3.8, 4) is 11.5 Å². The van der Waals surface area contributed by atoms with Crippen LogP contribution in [0.2, 0.25) is 0 Å². The molecule has 4 rings (SSSR count). The zero-order chi connectivity index (χ0) is 24.1. The van der Waals surface area contributed by atoms with Crippen molar-refractivity contribution < 1.29 is 19.1 Å². The maximum atomic E-state index is 13.4. The molecule has 1 heterocycles. The van der Waals surface area contributed by atoms with Crippen LogP contribution in [0.25, 0.3) is 0 Å². The summed E-state index contributed by atoms with van der Waals surface area (Å²) in [6, 6.07) is 20.4. The van der Waals surface area contributed by atoms with E-state index in [0.717, 1.165) is 12.0 Å². The lowest BCUT2D eigenvalue weighted by molar-refractivity contribution is 0.102. The Balaban J connectivity index is 1.55. The van der Waals surface area contributed by atoms with Gasteiger partial charge >= 0.3 is 6.03 Å². The third kappa shape index (κ3) is 5.14. The number of rotatable bonds is 7. The Morgan fingerprint density at radius 2 is 1.79 bits per heavy atom. The van der Waals surface area contributed by atoms with Crippen molar-refractivity contribution in [1.82, 2.24) is 4.90 Å². The number of hydrogen-bond donors (Lipinski definition) is 1. The van der Waals surface area contributed by atoms with E-state index in [4.69, 9.17) is 9.47 Å². The van der Waals surface area contributed by atoms with Crippen LogP contribution in [0.3, 0.4) is 0 Å². The van der Waals surface area contributed by atoms with Gasteiger partial charge in [-0.2, -0.15) is 0 Å². The Morgan fingerprint density at radius 1 is 0.971 bits per heavy atom. The second-order valence-electron chi connectivity index (χ2n) is 8.27. The maximum Gasteiger partial charge on any atom is 0.324 e. The second kappa shape index (κ2) is 10.3. The average molecular weight is 460 g/mol. The largest absolute Gasteiger partial charge is 0.497 e. The fourth-order valence-electron chi connectivity index (χ4n) is 4.13. The van der Waals surface area contributed by atoms with Crippen molar-refractivity contribution in [2.45, 2.75) is 19.9 Å². The molecule has 34 heavy (non-hydrogen) atoms. The Labute approximate surface area is 199 Å². The van der Waals surface area contributed by atoms with Crippen LogP contribution in [0.1, 0.15) is 27.9 Å². The summed E-state index contributed by atoms with van der Waals surface area (Å²) in [5, 5.41) is 2.91. The minimum atomic E-state index is -0.263. The van der Waals surface area contributed by atoms with E-state index in [9.17, 15) is 9.59 Å². The van der Waals surface area contributed by atoms with E-state index in [1.54, 1.807) is 61.6 Å². The normalized spacial score (nSPS) is 13.6. The molecule has 176 valence electrons. The van der Waals surface area contributed by atoms with E-state index in [2.05, 4.69) is 11.4 Å². The fraction of sp³-hybridized carbons (Fsp3) is 0.259. The number of carbonyl (C=O) groups excluding carboxylic acids is 2. The standard InChI is InChI=1S/C27H29N3O4/c1-19-7-4-8-20(15-19)18-29-13-6-14-30(27(29)32)24-17-22(11-12-25(24)34-3)28-26(31)21-9-5-10-23(16-21)33-2/h4-5,7-12,15-17H,6,13-14,18H2,1-3H3,(H,28,31). The number of nitrogens with zero attached hydrogens (tertiary/aromatic N) is 2. The number of carbonyl (C=O) groups is 2. The Hall–Kier alpha value is -4.00. The summed E-state index contributed by atoms with van der Waals surface area (Å²) in [6.07, 6.45) is 0.834. The molecule has 7 nitrogen and oxygen atoms in total. The van der Waals surface area contributed by atoms with Crippen LogP contribution < -0.4 is 19.7 Å². The molecule has 1 saturated heterocycles. The summed E-state index contributed by atoms with van der Waals surface area (Å²) in [5.74, 6) is 0.918. The molecule has 3 aromatic rings. The van der Waals surface area contributed by atoms with Gasteiger partial charge in [0.1, 0.15) is 11.5 Å². The first-order valence-electron chi connectivity index (χ1n) is 11.2. The minimum Gasteiger partial charge on any atom is -0.497 e. The quantitative estimate of drug-likeness (QED) is 0.534. The lowest BCUT2D eigenvalue weighted by atomic mass is 10.1. The summed E-state index contributed by atoms with van der Waals surface area (Å²) < 4.78 is 10.8. The zero-order valence-electron chi connectivity index (χ0n) is 19.7. The first-order valence-corrected chi connectivity index (χ1v) is 11.2. The van der Waals surface area contributed by atoms with Crippen LogP contribution in [0.4, 0.5) is 16.2 Å². The highest BCUT2D eigenvalue weighted by Gasteiger charge is 2.29. The van der Waals surface area contributed by atoms with Crippen molar-refractivity contribution in [2.24, 2.45) is 0 Å². The van der Waals surface area contributed by atoms with Gasteiger partial charge < -0.3 is 19.7 Å². The third-order valence-corrected chi connectivity index (χ3v) is 5.83. The summed E-state index contributed by atoms with van der Waals surface area (Å²) in [4.78, 5) is 29.8. The molecule has 0 saturated carbocycles. The van der Waals surface area contributed by atoms with Crippen molar-refractivity contribution in [3.05, 3.63) is 83.4 Å². The predicted octanol–water partition coefficient (Wildman–Crippen LogP) is 5.10. The number of nitrogens with one attached hydrogen (secondary N) is 1. The van der Waals surface area contributed by atoms with E-state index >= 15 is 0 Å². The average Bonchev–Trinajstić information content (AvgIpc) is 2.85. The van der Waals surface area contributed by atoms with E-state index in [1.165, 1.54) is 5.56 Å². The van der Waals surface area contributed by atoms with Crippen molar-refractivity contribution >= 4 is 23.3 Å². The summed E-state index contributed by atoms with van der Waals surface area (Å²) in [6.45, 7) is 3.86. The van der Waals surface area contributed by atoms with Gasteiger partial charge in [-0.15, -0.1) is 0 Å². The predicted molar refractivity (Wildman–Crippen MR) is 133 cm³/mol. The van der Waals surface area contributed by atoms with Gasteiger partial charge in [-0.3, -0.25) is 9.69 Å². The molecule has 1 N–H and O–H groups in total. The summed E-state index contributed by atoms with van der Waals surface area (Å²) in [5.41, 5.74) is 3.95. The molecule has 1 fully saturated rings. The summed E-state index contributed by atoms with van der Waals surface area (Å²) in [7, 11) is 3.14. The first kappa shape index (κ1) is 23.2. The van der Waals surface area contributed by atoms with Crippen molar-refractivity contribution in [3.63, 3.8) is 0 Å². The van der Waals surface area contributed by atoms with Gasteiger partial charge in [-0.25, -0.2) is 4.79 Å². The Morgan fingerprint density at radius 3 is 2.56 bits per heavy atom. The topological polar surface area (TPSA) is 71.1 Å².